The predicted molar refractivity (Wildman–Crippen MR) is 76.6 cm³/mol. The lowest BCUT2D eigenvalue weighted by atomic mass is 9.79. The summed E-state index contributed by atoms with van der Waals surface area (Å²) >= 11 is 0. The first-order valence-electron chi connectivity index (χ1n) is 7.07. The summed E-state index contributed by atoms with van der Waals surface area (Å²) in [4.78, 5) is 23.5. The number of nitrogens with zero attached hydrogens (tertiary/aromatic N) is 1. The molecule has 1 fully saturated rings. The van der Waals surface area contributed by atoms with Gasteiger partial charge in [0.25, 0.3) is 11.5 Å². The summed E-state index contributed by atoms with van der Waals surface area (Å²) < 4.78 is 1.41. The van der Waals surface area contributed by atoms with E-state index in [4.69, 9.17) is 0 Å². The fraction of sp³-hybridized carbons (Fsp3) is 0.600. The van der Waals surface area contributed by atoms with E-state index in [-0.39, 0.29) is 18.0 Å². The van der Waals surface area contributed by atoms with Gasteiger partial charge in [-0.15, -0.1) is 0 Å². The number of aryl methyl sites for hydroxylation is 1. The van der Waals surface area contributed by atoms with Crippen LogP contribution in [0.4, 0.5) is 0 Å². The Balaban J connectivity index is 1.98. The third-order valence-corrected chi connectivity index (χ3v) is 4.01. The smallest absolute Gasteiger partial charge is 0.251 e. The van der Waals surface area contributed by atoms with Crippen molar-refractivity contribution >= 4 is 5.91 Å². The molecule has 110 valence electrons. The molecule has 1 aliphatic carbocycles. The van der Waals surface area contributed by atoms with Crippen LogP contribution in [0.2, 0.25) is 0 Å². The van der Waals surface area contributed by atoms with E-state index in [1.54, 1.807) is 19.3 Å². The van der Waals surface area contributed by atoms with Crippen LogP contribution >= 0.6 is 0 Å². The Bertz CT molecular complexity index is 552. The Morgan fingerprint density at radius 3 is 3.00 bits per heavy atom. The summed E-state index contributed by atoms with van der Waals surface area (Å²) in [6, 6.07) is 2.91. The van der Waals surface area contributed by atoms with Gasteiger partial charge in [-0.3, -0.25) is 9.59 Å². The molecular weight excluding hydrogens is 256 g/mol. The van der Waals surface area contributed by atoms with Crippen molar-refractivity contribution in [2.45, 2.75) is 38.2 Å². The molecule has 1 heterocycles. The molecule has 5 heteroatoms. The van der Waals surface area contributed by atoms with E-state index in [1.807, 2.05) is 0 Å². The Labute approximate surface area is 118 Å². The minimum Gasteiger partial charge on any atom is -0.388 e. The van der Waals surface area contributed by atoms with Crippen LogP contribution in [0.3, 0.4) is 0 Å². The molecule has 20 heavy (non-hydrogen) atoms. The maximum atomic E-state index is 12.0. The van der Waals surface area contributed by atoms with Crippen LogP contribution in [-0.2, 0) is 7.05 Å². The van der Waals surface area contributed by atoms with Gasteiger partial charge in [0, 0.05) is 31.4 Å². The normalized spacial score (nSPS) is 26.2. The van der Waals surface area contributed by atoms with Gasteiger partial charge in [-0.2, -0.15) is 0 Å². The van der Waals surface area contributed by atoms with Crippen LogP contribution in [0.5, 0.6) is 0 Å². The van der Waals surface area contributed by atoms with Crippen molar-refractivity contribution in [3.63, 3.8) is 0 Å². The number of hydrogen-bond donors (Lipinski definition) is 2. The summed E-state index contributed by atoms with van der Waals surface area (Å²) in [5.41, 5.74) is -0.698. The quantitative estimate of drug-likeness (QED) is 0.868. The number of pyridine rings is 1. The largest absolute Gasteiger partial charge is 0.388 e. The minimum atomic E-state index is -0.812. The van der Waals surface area contributed by atoms with Crippen molar-refractivity contribution in [3.05, 3.63) is 34.2 Å². The fourth-order valence-corrected chi connectivity index (χ4v) is 2.83. The number of amides is 1. The number of carbonyl (C=O) groups is 1. The first kappa shape index (κ1) is 14.8. The number of nitrogens with one attached hydrogen (secondary N) is 1. The van der Waals surface area contributed by atoms with Gasteiger partial charge in [-0.25, -0.2) is 0 Å². The summed E-state index contributed by atoms with van der Waals surface area (Å²) in [5, 5.41) is 13.2. The van der Waals surface area contributed by atoms with Crippen LogP contribution in [0.15, 0.2) is 23.1 Å². The number of aliphatic hydroxyl groups is 1. The van der Waals surface area contributed by atoms with Crippen molar-refractivity contribution in [1.82, 2.24) is 9.88 Å². The highest BCUT2D eigenvalue weighted by Gasteiger charge is 2.32. The van der Waals surface area contributed by atoms with E-state index in [2.05, 4.69) is 12.2 Å². The second-order valence-corrected chi connectivity index (χ2v) is 5.97. The zero-order valence-electron chi connectivity index (χ0n) is 12.1. The molecule has 2 unspecified atom stereocenters. The van der Waals surface area contributed by atoms with Crippen LogP contribution in [0.25, 0.3) is 0 Å². The molecule has 0 saturated heterocycles. The van der Waals surface area contributed by atoms with Crippen LogP contribution in [0.1, 0.15) is 43.0 Å². The van der Waals surface area contributed by atoms with E-state index in [0.29, 0.717) is 24.3 Å². The summed E-state index contributed by atoms with van der Waals surface area (Å²) in [5.74, 6) is 0.170. The molecule has 0 radical (unpaired) electrons. The molecule has 1 aliphatic rings. The molecule has 0 aromatic carbocycles. The Morgan fingerprint density at radius 2 is 2.35 bits per heavy atom. The Morgan fingerprint density at radius 1 is 1.60 bits per heavy atom. The minimum absolute atomic E-state index is 0.220. The van der Waals surface area contributed by atoms with Gasteiger partial charge >= 0.3 is 0 Å². The average molecular weight is 278 g/mol. The number of carbonyl (C=O) groups excluding carboxylic acids is 1. The maximum absolute atomic E-state index is 12.0. The molecule has 1 aromatic heterocycles. The lowest BCUT2D eigenvalue weighted by molar-refractivity contribution is -0.0109. The van der Waals surface area contributed by atoms with Gasteiger partial charge in [0.2, 0.25) is 0 Å². The highest BCUT2D eigenvalue weighted by atomic mass is 16.3. The topological polar surface area (TPSA) is 71.3 Å². The van der Waals surface area contributed by atoms with E-state index >= 15 is 0 Å². The van der Waals surface area contributed by atoms with Crippen molar-refractivity contribution in [3.8, 4) is 0 Å². The first-order chi connectivity index (χ1) is 9.39. The van der Waals surface area contributed by atoms with Crippen LogP contribution in [0, 0.1) is 5.92 Å². The number of rotatable bonds is 3. The van der Waals surface area contributed by atoms with E-state index < -0.39 is 5.60 Å². The predicted octanol–water partition coefficient (Wildman–Crippen LogP) is 1.06. The van der Waals surface area contributed by atoms with Gasteiger partial charge in [-0.05, 0) is 24.8 Å². The average Bonchev–Trinajstić information content (AvgIpc) is 2.39. The third-order valence-electron chi connectivity index (χ3n) is 4.01. The Hall–Kier alpha value is -1.62. The van der Waals surface area contributed by atoms with E-state index in [0.717, 1.165) is 12.8 Å². The van der Waals surface area contributed by atoms with Crippen molar-refractivity contribution < 1.29 is 9.90 Å². The van der Waals surface area contributed by atoms with E-state index in [9.17, 15) is 14.7 Å². The zero-order chi connectivity index (χ0) is 14.8. The molecule has 2 atom stereocenters. The maximum Gasteiger partial charge on any atom is 0.251 e. The molecule has 1 amide bonds. The number of aromatic nitrogens is 1. The molecule has 2 N–H and O–H groups in total. The van der Waals surface area contributed by atoms with Gasteiger partial charge in [-0.1, -0.05) is 19.8 Å². The van der Waals surface area contributed by atoms with Crippen LogP contribution < -0.4 is 10.9 Å². The second-order valence-electron chi connectivity index (χ2n) is 5.97. The van der Waals surface area contributed by atoms with Crippen molar-refractivity contribution in [2.75, 3.05) is 6.54 Å². The van der Waals surface area contributed by atoms with E-state index in [1.165, 1.54) is 10.6 Å². The summed E-state index contributed by atoms with van der Waals surface area (Å²) in [6.07, 6.45) is 5.11. The summed E-state index contributed by atoms with van der Waals surface area (Å²) in [7, 11) is 1.64. The fourth-order valence-electron chi connectivity index (χ4n) is 2.83. The molecule has 0 aliphatic heterocycles. The molecular formula is C15H22N2O3. The Kier molecular flexibility index (Phi) is 4.28. The molecule has 0 bridgehead atoms. The van der Waals surface area contributed by atoms with Crippen molar-refractivity contribution in [2.24, 2.45) is 13.0 Å². The van der Waals surface area contributed by atoms with Crippen molar-refractivity contribution in [1.29, 1.82) is 0 Å². The molecule has 2 rings (SSSR count). The van der Waals surface area contributed by atoms with Gasteiger partial charge in [0.1, 0.15) is 0 Å². The SMILES string of the molecule is CC1CCCC(O)(CNC(=O)c2ccn(C)c(=O)c2)C1. The standard InChI is InChI=1S/C15H22N2O3/c1-11-4-3-6-15(20,9-11)10-16-14(19)12-5-7-17(2)13(18)8-12/h5,7-8,11,20H,3-4,6,9-10H2,1-2H3,(H,16,19). The molecule has 1 saturated carbocycles. The lowest BCUT2D eigenvalue weighted by Crippen LogP contribution is -2.45. The van der Waals surface area contributed by atoms with Gasteiger partial charge in [0.15, 0.2) is 0 Å². The van der Waals surface area contributed by atoms with Gasteiger partial charge in [0.05, 0.1) is 5.60 Å². The zero-order valence-corrected chi connectivity index (χ0v) is 12.1. The second kappa shape index (κ2) is 5.79. The third kappa shape index (κ3) is 3.48. The highest BCUT2D eigenvalue weighted by molar-refractivity contribution is 5.94. The van der Waals surface area contributed by atoms with Crippen LogP contribution in [-0.4, -0.2) is 27.7 Å². The monoisotopic (exact) mass is 278 g/mol. The molecule has 5 nitrogen and oxygen atoms in total. The van der Waals surface area contributed by atoms with Gasteiger partial charge < -0.3 is 15.0 Å². The first-order valence-corrected chi connectivity index (χ1v) is 7.07. The molecule has 0 spiro atoms. The lowest BCUT2D eigenvalue weighted by Gasteiger charge is -2.35. The summed E-state index contributed by atoms with van der Waals surface area (Å²) in [6.45, 7) is 2.36. The number of hydrogen-bond acceptors (Lipinski definition) is 3. The molecule has 1 aromatic rings. The highest BCUT2D eigenvalue weighted by Crippen LogP contribution is 2.31.